The lowest BCUT2D eigenvalue weighted by Crippen LogP contribution is -2.22. The van der Waals surface area contributed by atoms with Crippen LogP contribution in [0.25, 0.3) is 22.0 Å². The average Bonchev–Trinajstić information content (AvgIpc) is 3.21. The summed E-state index contributed by atoms with van der Waals surface area (Å²) < 4.78 is 7.40. The second-order valence-electron chi connectivity index (χ2n) is 6.88. The van der Waals surface area contributed by atoms with Crippen LogP contribution in [0, 0.1) is 0 Å². The van der Waals surface area contributed by atoms with E-state index in [2.05, 4.69) is 5.32 Å². The molecular formula is C22H20N2O5. The Hall–Kier alpha value is -3.42. The first-order valence-corrected chi connectivity index (χ1v) is 9.16. The van der Waals surface area contributed by atoms with Crippen molar-refractivity contribution in [2.45, 2.75) is 6.10 Å². The quantitative estimate of drug-likeness (QED) is 0.552. The number of nitrogens with one attached hydrogen (secondary N) is 1. The van der Waals surface area contributed by atoms with Gasteiger partial charge in [-0.05, 0) is 23.8 Å². The number of rotatable bonds is 6. The number of aliphatic hydroxyl groups excluding tert-OH is 2. The van der Waals surface area contributed by atoms with Crippen molar-refractivity contribution in [2.24, 2.45) is 7.05 Å². The molecule has 0 aliphatic carbocycles. The molecule has 0 radical (unpaired) electrons. The average molecular weight is 392 g/mol. The minimum absolute atomic E-state index is 0.0830. The molecule has 1 aliphatic rings. The number of aliphatic hydroxyl groups is 2. The summed E-state index contributed by atoms with van der Waals surface area (Å²) in [4.78, 5) is 25.3. The highest BCUT2D eigenvalue weighted by Gasteiger charge is 2.33. The fourth-order valence-corrected chi connectivity index (χ4v) is 3.52. The van der Waals surface area contributed by atoms with Gasteiger partial charge in [-0.3, -0.25) is 14.9 Å². The van der Waals surface area contributed by atoms with E-state index in [9.17, 15) is 14.7 Å². The van der Waals surface area contributed by atoms with Crippen LogP contribution in [0.4, 0.5) is 0 Å². The molecule has 2 aromatic carbocycles. The van der Waals surface area contributed by atoms with Crippen molar-refractivity contribution < 1.29 is 24.5 Å². The predicted octanol–water partition coefficient (Wildman–Crippen LogP) is 1.48. The van der Waals surface area contributed by atoms with E-state index in [1.165, 1.54) is 0 Å². The molecule has 7 nitrogen and oxygen atoms in total. The van der Waals surface area contributed by atoms with Gasteiger partial charge in [0.25, 0.3) is 11.8 Å². The molecule has 29 heavy (non-hydrogen) atoms. The summed E-state index contributed by atoms with van der Waals surface area (Å²) in [6.45, 7) is -0.493. The van der Waals surface area contributed by atoms with E-state index in [-0.39, 0.29) is 12.2 Å². The maximum atomic E-state index is 12.7. The van der Waals surface area contributed by atoms with Crippen molar-refractivity contribution in [3.05, 3.63) is 65.9 Å². The molecule has 0 saturated heterocycles. The Kier molecular flexibility index (Phi) is 4.92. The number of carbonyl (C=O) groups excluding carboxylic acids is 2. The molecule has 3 N–H and O–H groups in total. The number of para-hydroxylation sites is 1. The first kappa shape index (κ1) is 18.9. The van der Waals surface area contributed by atoms with E-state index in [1.54, 1.807) is 24.3 Å². The standard InChI is InChI=1S/C22H20N2O5/c1-24-10-17(16-7-2-3-8-18(16)24)20-19(21(27)23-22(20)28)13-5-4-6-15(9-13)29-12-14(26)11-25/h2-10,14,25-26H,11-12H2,1H3,(H,23,27,28)/t14-/m0/s1. The topological polar surface area (TPSA) is 101 Å². The van der Waals surface area contributed by atoms with Gasteiger partial charge in [-0.25, -0.2) is 0 Å². The van der Waals surface area contributed by atoms with Gasteiger partial charge in [-0.15, -0.1) is 0 Å². The lowest BCUT2D eigenvalue weighted by atomic mass is 9.96. The highest BCUT2D eigenvalue weighted by Crippen LogP contribution is 2.36. The van der Waals surface area contributed by atoms with Crippen LogP contribution < -0.4 is 10.1 Å². The Morgan fingerprint density at radius 3 is 2.62 bits per heavy atom. The second kappa shape index (κ2) is 7.54. The van der Waals surface area contributed by atoms with Crippen LogP contribution in [0.2, 0.25) is 0 Å². The summed E-state index contributed by atoms with van der Waals surface area (Å²) in [6, 6.07) is 14.4. The van der Waals surface area contributed by atoms with Crippen molar-refractivity contribution in [1.82, 2.24) is 9.88 Å². The molecule has 7 heteroatoms. The number of benzene rings is 2. The van der Waals surface area contributed by atoms with Crippen LogP contribution in [-0.2, 0) is 16.6 Å². The first-order valence-electron chi connectivity index (χ1n) is 9.16. The Labute approximate surface area is 166 Å². The zero-order chi connectivity index (χ0) is 20.5. The third-order valence-electron chi connectivity index (χ3n) is 4.87. The lowest BCUT2D eigenvalue weighted by Gasteiger charge is -2.11. The van der Waals surface area contributed by atoms with Crippen LogP contribution >= 0.6 is 0 Å². The van der Waals surface area contributed by atoms with Gasteiger partial charge in [-0.2, -0.15) is 0 Å². The molecule has 1 atom stereocenters. The van der Waals surface area contributed by atoms with Gasteiger partial charge in [0.15, 0.2) is 0 Å². The summed E-state index contributed by atoms with van der Waals surface area (Å²) in [5.74, 6) is -0.485. The number of nitrogens with zero attached hydrogens (tertiary/aromatic N) is 1. The van der Waals surface area contributed by atoms with Gasteiger partial charge in [-0.1, -0.05) is 30.3 Å². The zero-order valence-corrected chi connectivity index (χ0v) is 15.8. The summed E-state index contributed by atoms with van der Waals surface area (Å²) >= 11 is 0. The number of aromatic nitrogens is 1. The van der Waals surface area contributed by atoms with Crippen molar-refractivity contribution in [1.29, 1.82) is 0 Å². The second-order valence-corrected chi connectivity index (χ2v) is 6.88. The van der Waals surface area contributed by atoms with Gasteiger partial charge >= 0.3 is 0 Å². The number of carbonyl (C=O) groups is 2. The Balaban J connectivity index is 1.83. The molecule has 0 bridgehead atoms. The van der Waals surface area contributed by atoms with Gasteiger partial charge in [0.1, 0.15) is 18.5 Å². The Bertz CT molecular complexity index is 1150. The number of fused-ring (bicyclic) bond motifs is 1. The molecule has 0 unspecified atom stereocenters. The van der Waals surface area contributed by atoms with Crippen LogP contribution in [0.1, 0.15) is 11.1 Å². The Morgan fingerprint density at radius 2 is 1.83 bits per heavy atom. The SMILES string of the molecule is Cn1cc(C2=C(c3cccc(OC[C@@H](O)CO)c3)C(=O)NC2=O)c2ccccc21. The van der Waals surface area contributed by atoms with Crippen molar-refractivity contribution >= 4 is 33.9 Å². The fourth-order valence-electron chi connectivity index (χ4n) is 3.52. The molecule has 148 valence electrons. The largest absolute Gasteiger partial charge is 0.491 e. The first-order chi connectivity index (χ1) is 14.0. The van der Waals surface area contributed by atoms with Gasteiger partial charge in [0, 0.05) is 29.7 Å². The van der Waals surface area contributed by atoms with Crippen LogP contribution in [0.15, 0.2) is 54.7 Å². The molecule has 4 rings (SSSR count). The van der Waals surface area contributed by atoms with Crippen molar-refractivity contribution in [3.63, 3.8) is 0 Å². The van der Waals surface area contributed by atoms with Crippen molar-refractivity contribution in [3.8, 4) is 5.75 Å². The number of hydrogen-bond acceptors (Lipinski definition) is 5. The van der Waals surface area contributed by atoms with Crippen LogP contribution in [-0.4, -0.2) is 45.9 Å². The smallest absolute Gasteiger partial charge is 0.259 e. The summed E-state index contributed by atoms with van der Waals surface area (Å²) in [5.41, 5.74) is 2.77. The number of aryl methyl sites for hydroxylation is 1. The van der Waals surface area contributed by atoms with E-state index in [0.717, 1.165) is 10.9 Å². The number of hydrogen-bond donors (Lipinski definition) is 3. The van der Waals surface area contributed by atoms with Gasteiger partial charge in [0.05, 0.1) is 17.8 Å². The van der Waals surface area contributed by atoms with Gasteiger partial charge < -0.3 is 19.5 Å². The van der Waals surface area contributed by atoms with Crippen LogP contribution in [0.5, 0.6) is 5.75 Å². The van der Waals surface area contributed by atoms with Crippen molar-refractivity contribution in [2.75, 3.05) is 13.2 Å². The maximum Gasteiger partial charge on any atom is 0.259 e. The highest BCUT2D eigenvalue weighted by atomic mass is 16.5. The number of amides is 2. The van der Waals surface area contributed by atoms with E-state index in [4.69, 9.17) is 9.84 Å². The van der Waals surface area contributed by atoms with E-state index in [1.807, 2.05) is 42.1 Å². The lowest BCUT2D eigenvalue weighted by molar-refractivity contribution is -0.122. The van der Waals surface area contributed by atoms with Gasteiger partial charge in [0.2, 0.25) is 0 Å². The highest BCUT2D eigenvalue weighted by molar-refractivity contribution is 6.50. The predicted molar refractivity (Wildman–Crippen MR) is 108 cm³/mol. The third-order valence-corrected chi connectivity index (χ3v) is 4.87. The number of ether oxygens (including phenoxy) is 1. The molecule has 0 saturated carbocycles. The minimum atomic E-state index is -1.000. The normalized spacial score (nSPS) is 15.1. The molecule has 1 aromatic heterocycles. The molecule has 2 heterocycles. The maximum absolute atomic E-state index is 12.7. The fraction of sp³-hybridized carbons (Fsp3) is 0.182. The Morgan fingerprint density at radius 1 is 1.07 bits per heavy atom. The molecule has 3 aromatic rings. The van der Waals surface area contributed by atoms with E-state index < -0.39 is 24.5 Å². The minimum Gasteiger partial charge on any atom is -0.491 e. The van der Waals surface area contributed by atoms with E-state index in [0.29, 0.717) is 22.4 Å². The summed E-state index contributed by atoms with van der Waals surface area (Å²) in [6.07, 6.45) is 0.844. The molecule has 2 amide bonds. The summed E-state index contributed by atoms with van der Waals surface area (Å²) in [5, 5.41) is 21.7. The molecular weight excluding hydrogens is 372 g/mol. The summed E-state index contributed by atoms with van der Waals surface area (Å²) in [7, 11) is 1.89. The number of imide groups is 1. The van der Waals surface area contributed by atoms with E-state index >= 15 is 0 Å². The molecule has 0 fully saturated rings. The molecule has 0 spiro atoms. The molecule has 1 aliphatic heterocycles. The zero-order valence-electron chi connectivity index (χ0n) is 15.8. The monoisotopic (exact) mass is 392 g/mol. The third kappa shape index (κ3) is 3.41. The van der Waals surface area contributed by atoms with Crippen LogP contribution in [0.3, 0.4) is 0 Å².